The van der Waals surface area contributed by atoms with Gasteiger partial charge in [0.15, 0.2) is 12.4 Å². The van der Waals surface area contributed by atoms with Crippen molar-refractivity contribution in [3.05, 3.63) is 70.3 Å². The quantitative estimate of drug-likeness (QED) is 0.884. The molecule has 1 aliphatic carbocycles. The number of ketones is 1. The molecule has 0 bridgehead atoms. The summed E-state index contributed by atoms with van der Waals surface area (Å²) < 4.78 is 33.8. The van der Waals surface area contributed by atoms with Crippen molar-refractivity contribution in [2.24, 2.45) is 0 Å². The van der Waals surface area contributed by atoms with Crippen LogP contribution >= 0.6 is 0 Å². The lowest BCUT2D eigenvalue weighted by Gasteiger charge is -2.20. The second kappa shape index (κ2) is 7.86. The molecule has 0 saturated carbocycles. The second-order valence-corrected chi connectivity index (χ2v) is 6.89. The minimum atomic E-state index is -0.879. The van der Waals surface area contributed by atoms with Gasteiger partial charge in [0.25, 0.3) is 0 Å². The lowest BCUT2D eigenvalue weighted by atomic mass is 9.85. The van der Waals surface area contributed by atoms with Crippen LogP contribution in [-0.4, -0.2) is 24.5 Å². The van der Waals surface area contributed by atoms with Gasteiger partial charge in [-0.05, 0) is 61.1 Å². The second-order valence-electron chi connectivity index (χ2n) is 6.89. The van der Waals surface area contributed by atoms with E-state index >= 15 is 0 Å². The summed E-state index contributed by atoms with van der Waals surface area (Å²) in [6.07, 6.45) is -0.103. The van der Waals surface area contributed by atoms with Gasteiger partial charge in [0.05, 0.1) is 5.92 Å². The number of amides is 1. The van der Waals surface area contributed by atoms with Gasteiger partial charge in [0.1, 0.15) is 11.6 Å². The minimum Gasteiger partial charge on any atom is -0.442 e. The number of rotatable bonds is 4. The Morgan fingerprint density at radius 3 is 2.04 bits per heavy atom. The normalized spacial score (nSPS) is 13.5. The van der Waals surface area contributed by atoms with Crippen LogP contribution in [0.3, 0.4) is 0 Å². The average molecular weight is 373 g/mol. The average Bonchev–Trinajstić information content (AvgIpc) is 2.78. The number of hydrogen-bond donors (Lipinski definition) is 1. The maximum Gasteiger partial charge on any atom is 0.407 e. The van der Waals surface area contributed by atoms with Crippen LogP contribution in [0.2, 0.25) is 0 Å². The molecule has 0 fully saturated rings. The number of fused-ring (bicyclic) bond motifs is 2. The van der Waals surface area contributed by atoms with Gasteiger partial charge in [-0.25, -0.2) is 13.6 Å². The van der Waals surface area contributed by atoms with Crippen molar-refractivity contribution in [3.8, 4) is 0 Å². The van der Waals surface area contributed by atoms with E-state index in [0.29, 0.717) is 35.1 Å². The van der Waals surface area contributed by atoms with Gasteiger partial charge in [-0.3, -0.25) is 4.79 Å². The standard InChI is InChI=1S/C21H21F2NO3/c1-12(2)24-21(26)27-11-19(25)20-15-5-3-7-17(22)13(15)9-10-14-16(20)6-4-8-18(14)23/h3-8,12,20H,9-11H2,1-2H3,(H,24,26). The van der Waals surface area contributed by atoms with Gasteiger partial charge in [0.2, 0.25) is 0 Å². The zero-order chi connectivity index (χ0) is 19.6. The first-order valence-electron chi connectivity index (χ1n) is 8.89. The molecular formula is C21H21F2NO3. The Balaban J connectivity index is 1.98. The summed E-state index contributed by atoms with van der Waals surface area (Å²) in [7, 11) is 0. The van der Waals surface area contributed by atoms with E-state index in [1.165, 1.54) is 24.3 Å². The Morgan fingerprint density at radius 2 is 1.56 bits per heavy atom. The molecule has 0 atom stereocenters. The molecular weight excluding hydrogens is 352 g/mol. The maximum atomic E-state index is 14.4. The third-order valence-electron chi connectivity index (χ3n) is 4.63. The third kappa shape index (κ3) is 3.99. The molecule has 1 N–H and O–H groups in total. The van der Waals surface area contributed by atoms with E-state index in [4.69, 9.17) is 4.74 Å². The Labute approximate surface area is 156 Å². The Morgan fingerprint density at radius 1 is 1.04 bits per heavy atom. The van der Waals surface area contributed by atoms with Crippen LogP contribution in [0.4, 0.5) is 13.6 Å². The van der Waals surface area contributed by atoms with Gasteiger partial charge in [-0.15, -0.1) is 0 Å². The van der Waals surface area contributed by atoms with Crippen molar-refractivity contribution >= 4 is 11.9 Å². The van der Waals surface area contributed by atoms with E-state index in [2.05, 4.69) is 5.32 Å². The Hall–Kier alpha value is -2.76. The van der Waals surface area contributed by atoms with Crippen molar-refractivity contribution in [1.82, 2.24) is 5.32 Å². The van der Waals surface area contributed by atoms with E-state index in [1.54, 1.807) is 26.0 Å². The highest BCUT2D eigenvalue weighted by molar-refractivity contribution is 5.92. The lowest BCUT2D eigenvalue weighted by Crippen LogP contribution is -2.33. The molecule has 1 aliphatic rings. The van der Waals surface area contributed by atoms with Crippen LogP contribution in [0.5, 0.6) is 0 Å². The molecule has 6 heteroatoms. The van der Waals surface area contributed by atoms with Gasteiger partial charge in [-0.2, -0.15) is 0 Å². The molecule has 0 heterocycles. The lowest BCUT2D eigenvalue weighted by molar-refractivity contribution is -0.122. The number of Topliss-reactive ketones (excluding diaryl/α,β-unsaturated/α-hetero) is 1. The van der Waals surface area contributed by atoms with Gasteiger partial charge >= 0.3 is 6.09 Å². The molecule has 0 radical (unpaired) electrons. The fraction of sp³-hybridized carbons (Fsp3) is 0.333. The highest BCUT2D eigenvalue weighted by Gasteiger charge is 2.32. The van der Waals surface area contributed by atoms with Crippen LogP contribution < -0.4 is 5.32 Å². The molecule has 0 aliphatic heterocycles. The maximum absolute atomic E-state index is 14.4. The summed E-state index contributed by atoms with van der Waals surface area (Å²) in [5.74, 6) is -2.14. The molecule has 0 saturated heterocycles. The molecule has 3 rings (SSSR count). The topological polar surface area (TPSA) is 55.4 Å². The van der Waals surface area contributed by atoms with Crippen molar-refractivity contribution < 1.29 is 23.1 Å². The summed E-state index contributed by atoms with van der Waals surface area (Å²) in [6.45, 7) is 3.06. The number of carbonyl (C=O) groups excluding carboxylic acids is 2. The molecule has 2 aromatic rings. The molecule has 27 heavy (non-hydrogen) atoms. The van der Waals surface area contributed by atoms with Crippen molar-refractivity contribution in [1.29, 1.82) is 0 Å². The van der Waals surface area contributed by atoms with Gasteiger partial charge in [0, 0.05) is 6.04 Å². The molecule has 142 valence electrons. The van der Waals surface area contributed by atoms with Gasteiger partial charge < -0.3 is 10.1 Å². The number of ether oxygens (including phenoxy) is 1. The molecule has 0 spiro atoms. The van der Waals surface area contributed by atoms with Crippen LogP contribution in [0.25, 0.3) is 0 Å². The Kier molecular flexibility index (Phi) is 5.54. The first-order chi connectivity index (χ1) is 12.9. The van der Waals surface area contributed by atoms with Gasteiger partial charge in [-0.1, -0.05) is 24.3 Å². The zero-order valence-electron chi connectivity index (χ0n) is 15.2. The van der Waals surface area contributed by atoms with E-state index in [0.717, 1.165) is 0 Å². The van der Waals surface area contributed by atoms with Crippen LogP contribution in [0.15, 0.2) is 36.4 Å². The molecule has 2 aromatic carbocycles. The summed E-state index contributed by atoms with van der Waals surface area (Å²) in [5, 5.41) is 2.54. The summed E-state index contributed by atoms with van der Waals surface area (Å²) in [6, 6.07) is 8.95. The number of nitrogens with one attached hydrogen (secondary N) is 1. The predicted molar refractivity (Wildman–Crippen MR) is 96.7 cm³/mol. The summed E-state index contributed by atoms with van der Waals surface area (Å²) in [4.78, 5) is 24.6. The van der Waals surface area contributed by atoms with Crippen molar-refractivity contribution in [2.45, 2.75) is 38.6 Å². The molecule has 0 unspecified atom stereocenters. The van der Waals surface area contributed by atoms with E-state index < -0.39 is 36.0 Å². The third-order valence-corrected chi connectivity index (χ3v) is 4.63. The molecule has 1 amide bonds. The van der Waals surface area contributed by atoms with E-state index in [9.17, 15) is 18.4 Å². The zero-order valence-corrected chi connectivity index (χ0v) is 15.2. The summed E-state index contributed by atoms with van der Waals surface area (Å²) in [5.41, 5.74) is 1.80. The fourth-order valence-electron chi connectivity index (χ4n) is 3.48. The SMILES string of the molecule is CC(C)NC(=O)OCC(=O)C1c2cccc(F)c2CCc2c(F)cccc21. The highest BCUT2D eigenvalue weighted by atomic mass is 19.1. The minimum absolute atomic E-state index is 0.130. The van der Waals surface area contributed by atoms with Crippen LogP contribution in [0, 0.1) is 11.6 Å². The smallest absolute Gasteiger partial charge is 0.407 e. The first-order valence-corrected chi connectivity index (χ1v) is 8.89. The van der Waals surface area contributed by atoms with E-state index in [1.807, 2.05) is 0 Å². The van der Waals surface area contributed by atoms with Crippen LogP contribution in [0.1, 0.15) is 42.0 Å². The van der Waals surface area contributed by atoms with Crippen molar-refractivity contribution in [2.75, 3.05) is 6.61 Å². The number of benzene rings is 2. The highest BCUT2D eigenvalue weighted by Crippen LogP contribution is 2.36. The van der Waals surface area contributed by atoms with Crippen molar-refractivity contribution in [3.63, 3.8) is 0 Å². The predicted octanol–water partition coefficient (Wildman–Crippen LogP) is 3.90. The first kappa shape index (κ1) is 19.0. The van der Waals surface area contributed by atoms with Crippen LogP contribution in [-0.2, 0) is 22.4 Å². The fourth-order valence-corrected chi connectivity index (χ4v) is 3.48. The number of carbonyl (C=O) groups is 2. The summed E-state index contributed by atoms with van der Waals surface area (Å²) >= 11 is 0. The number of alkyl carbamates (subject to hydrolysis) is 1. The monoisotopic (exact) mass is 373 g/mol. The van der Waals surface area contributed by atoms with E-state index in [-0.39, 0.29) is 6.04 Å². The largest absolute Gasteiger partial charge is 0.442 e. The Bertz CT molecular complexity index is 826. The molecule has 0 aromatic heterocycles. The molecule has 4 nitrogen and oxygen atoms in total. The number of halogens is 2. The number of hydrogen-bond acceptors (Lipinski definition) is 3.